The number of nitrogen functional groups attached to an aromatic ring is 1. The first-order valence-electron chi connectivity index (χ1n) is 8.78. The van der Waals surface area contributed by atoms with Gasteiger partial charge in [-0.05, 0) is 30.3 Å². The molecule has 3 rings (SSSR count). The zero-order chi connectivity index (χ0) is 21.5. The Morgan fingerprint density at radius 1 is 0.833 bits per heavy atom. The van der Waals surface area contributed by atoms with Gasteiger partial charge in [-0.15, -0.1) is 0 Å². The lowest BCUT2D eigenvalue weighted by Gasteiger charge is -2.14. The molecule has 10 nitrogen and oxygen atoms in total. The highest BCUT2D eigenvalue weighted by atomic mass is 16.5. The molecule has 2 aromatic carbocycles. The van der Waals surface area contributed by atoms with Gasteiger partial charge >= 0.3 is 11.9 Å². The summed E-state index contributed by atoms with van der Waals surface area (Å²) in [4.78, 5) is 32.1. The lowest BCUT2D eigenvalue weighted by Crippen LogP contribution is -2.13. The van der Waals surface area contributed by atoms with Gasteiger partial charge < -0.3 is 20.5 Å². The third kappa shape index (κ3) is 4.73. The molecule has 10 heteroatoms. The Kier molecular flexibility index (Phi) is 6.28. The van der Waals surface area contributed by atoms with Crippen LogP contribution < -0.4 is 21.9 Å². The van der Waals surface area contributed by atoms with Gasteiger partial charge in [0.2, 0.25) is 0 Å². The van der Waals surface area contributed by atoms with Crippen molar-refractivity contribution in [3.8, 4) is 0 Å². The van der Waals surface area contributed by atoms with E-state index < -0.39 is 11.9 Å². The maximum atomic E-state index is 12.0. The van der Waals surface area contributed by atoms with Crippen molar-refractivity contribution in [2.24, 2.45) is 0 Å². The normalized spacial score (nSPS) is 10.1. The van der Waals surface area contributed by atoms with Gasteiger partial charge in [-0.25, -0.2) is 19.6 Å². The number of nitrogens with two attached hydrogens (primary N) is 1. The van der Waals surface area contributed by atoms with Gasteiger partial charge in [-0.3, -0.25) is 10.9 Å². The van der Waals surface area contributed by atoms with Crippen molar-refractivity contribution in [3.05, 3.63) is 66.0 Å². The number of anilines is 5. The number of nitrogens with zero attached hydrogens (tertiary/aromatic N) is 2. The second-order valence-electron chi connectivity index (χ2n) is 6.01. The Bertz CT molecular complexity index is 1020. The Hall–Kier alpha value is -4.34. The Morgan fingerprint density at radius 3 is 2.03 bits per heavy atom. The third-order valence-corrected chi connectivity index (χ3v) is 4.02. The average Bonchev–Trinajstić information content (AvgIpc) is 2.79. The molecule has 0 aliphatic heterocycles. The van der Waals surface area contributed by atoms with Crippen molar-refractivity contribution in [1.29, 1.82) is 0 Å². The fraction of sp³-hybridized carbons (Fsp3) is 0.100. The number of aromatic nitrogens is 2. The number of benzene rings is 2. The van der Waals surface area contributed by atoms with Crippen LogP contribution in [-0.4, -0.2) is 36.1 Å². The van der Waals surface area contributed by atoms with Crippen molar-refractivity contribution >= 4 is 40.6 Å². The number of methoxy groups -OCH3 is 2. The molecule has 1 aromatic heterocycles. The third-order valence-electron chi connectivity index (χ3n) is 4.02. The van der Waals surface area contributed by atoms with Crippen LogP contribution in [-0.2, 0) is 9.47 Å². The highest BCUT2D eigenvalue weighted by Gasteiger charge is 2.15. The van der Waals surface area contributed by atoms with E-state index in [1.165, 1.54) is 38.7 Å². The Labute approximate surface area is 172 Å². The molecule has 5 N–H and O–H groups in total. The molecular weight excluding hydrogens is 388 g/mol. The largest absolute Gasteiger partial charge is 0.465 e. The molecule has 0 bridgehead atoms. The van der Waals surface area contributed by atoms with Gasteiger partial charge in [-0.1, -0.05) is 18.2 Å². The second kappa shape index (κ2) is 9.24. The number of ether oxygens (including phenoxy) is 2. The molecular formula is C20H20N6O4. The van der Waals surface area contributed by atoms with Gasteiger partial charge in [0.25, 0.3) is 0 Å². The van der Waals surface area contributed by atoms with Crippen molar-refractivity contribution < 1.29 is 19.1 Å². The summed E-state index contributed by atoms with van der Waals surface area (Å²) in [6, 6.07) is 13.8. The molecule has 1 heterocycles. The first-order valence-corrected chi connectivity index (χ1v) is 8.78. The molecule has 0 spiro atoms. The molecule has 0 amide bonds. The lowest BCUT2D eigenvalue weighted by molar-refractivity contribution is 0.0599. The van der Waals surface area contributed by atoms with Crippen LogP contribution in [0.3, 0.4) is 0 Å². The van der Waals surface area contributed by atoms with E-state index >= 15 is 0 Å². The van der Waals surface area contributed by atoms with E-state index in [0.717, 1.165) is 5.69 Å². The summed E-state index contributed by atoms with van der Waals surface area (Å²) >= 11 is 0. The molecule has 0 fully saturated rings. The summed E-state index contributed by atoms with van der Waals surface area (Å²) in [6.45, 7) is 0. The topological polar surface area (TPSA) is 140 Å². The van der Waals surface area contributed by atoms with Gasteiger partial charge in [-0.2, -0.15) is 0 Å². The molecule has 30 heavy (non-hydrogen) atoms. The van der Waals surface area contributed by atoms with E-state index in [0.29, 0.717) is 11.5 Å². The van der Waals surface area contributed by atoms with Crippen molar-refractivity contribution in [2.75, 3.05) is 36.1 Å². The molecule has 0 radical (unpaired) electrons. The van der Waals surface area contributed by atoms with Crippen molar-refractivity contribution in [1.82, 2.24) is 9.97 Å². The predicted octanol–water partition coefficient (Wildman–Crippen LogP) is 2.81. The van der Waals surface area contributed by atoms with Gasteiger partial charge in [0, 0.05) is 5.69 Å². The predicted molar refractivity (Wildman–Crippen MR) is 113 cm³/mol. The summed E-state index contributed by atoms with van der Waals surface area (Å²) in [5.41, 5.74) is 13.8. The zero-order valence-corrected chi connectivity index (χ0v) is 16.3. The summed E-state index contributed by atoms with van der Waals surface area (Å²) < 4.78 is 9.48. The number of hydrogen-bond acceptors (Lipinski definition) is 10. The minimum absolute atomic E-state index is 0.166. The van der Waals surface area contributed by atoms with Gasteiger partial charge in [0.05, 0.1) is 31.0 Å². The first kappa shape index (κ1) is 20.4. The fourth-order valence-electron chi connectivity index (χ4n) is 2.56. The summed E-state index contributed by atoms with van der Waals surface area (Å²) in [5.74, 6) is -0.586. The quantitative estimate of drug-likeness (QED) is 0.341. The van der Waals surface area contributed by atoms with Gasteiger partial charge in [0.15, 0.2) is 11.6 Å². The molecule has 0 saturated carbocycles. The lowest BCUT2D eigenvalue weighted by atomic mass is 10.1. The number of hydrogen-bond donors (Lipinski definition) is 4. The second-order valence-corrected chi connectivity index (χ2v) is 6.01. The van der Waals surface area contributed by atoms with Crippen LogP contribution in [0.5, 0.6) is 0 Å². The summed E-state index contributed by atoms with van der Waals surface area (Å²) in [7, 11) is 2.50. The van der Waals surface area contributed by atoms with Gasteiger partial charge in [0.1, 0.15) is 12.0 Å². The minimum Gasteiger partial charge on any atom is -0.465 e. The number of carbonyl (C=O) groups excluding carboxylic acids is 2. The van der Waals surface area contributed by atoms with Crippen molar-refractivity contribution in [3.63, 3.8) is 0 Å². The molecule has 3 aromatic rings. The standard InChI is InChI=1S/C20H20N6O4/c1-29-19(27)12-8-13(20(28)30-2)10-15(9-12)24-17-16(21)18(23-11-22-17)26-25-14-6-4-3-5-7-14/h3-11,25H,21H2,1-2H3,(H2,22,23,24,26). The molecule has 0 atom stereocenters. The van der Waals surface area contributed by atoms with E-state index in [9.17, 15) is 9.59 Å². The summed E-state index contributed by atoms with van der Waals surface area (Å²) in [6.07, 6.45) is 1.32. The molecule has 0 unspecified atom stereocenters. The number of esters is 2. The van der Waals surface area contributed by atoms with Crippen LogP contribution in [0.2, 0.25) is 0 Å². The van der Waals surface area contributed by atoms with E-state index in [2.05, 4.69) is 26.1 Å². The highest BCUT2D eigenvalue weighted by molar-refractivity contribution is 5.97. The maximum Gasteiger partial charge on any atom is 0.337 e. The number of nitrogens with one attached hydrogen (secondary N) is 3. The first-order chi connectivity index (χ1) is 14.5. The van der Waals surface area contributed by atoms with Crippen LogP contribution >= 0.6 is 0 Å². The number of rotatable bonds is 7. The molecule has 0 aliphatic carbocycles. The van der Waals surface area contributed by atoms with Crippen LogP contribution in [0.4, 0.5) is 28.7 Å². The summed E-state index contributed by atoms with van der Waals surface area (Å²) in [5, 5.41) is 2.99. The minimum atomic E-state index is -0.603. The van der Waals surface area contributed by atoms with Crippen LogP contribution in [0.1, 0.15) is 20.7 Å². The molecule has 0 saturated heterocycles. The smallest absolute Gasteiger partial charge is 0.337 e. The van der Waals surface area contributed by atoms with Crippen LogP contribution in [0.15, 0.2) is 54.9 Å². The van der Waals surface area contributed by atoms with E-state index in [4.69, 9.17) is 15.2 Å². The maximum absolute atomic E-state index is 12.0. The van der Waals surface area contributed by atoms with E-state index in [-0.39, 0.29) is 22.6 Å². The molecule has 154 valence electrons. The van der Waals surface area contributed by atoms with E-state index in [1.54, 1.807) is 0 Å². The van der Waals surface area contributed by atoms with Crippen molar-refractivity contribution in [2.45, 2.75) is 0 Å². The average molecular weight is 408 g/mol. The Morgan fingerprint density at radius 2 is 1.43 bits per heavy atom. The fourth-order valence-corrected chi connectivity index (χ4v) is 2.56. The highest BCUT2D eigenvalue weighted by Crippen LogP contribution is 2.27. The number of carbonyl (C=O) groups is 2. The molecule has 0 aliphatic rings. The van der Waals surface area contributed by atoms with Crippen LogP contribution in [0.25, 0.3) is 0 Å². The zero-order valence-electron chi connectivity index (χ0n) is 16.3. The Balaban J connectivity index is 1.86. The number of hydrazine groups is 1. The van der Waals surface area contributed by atoms with E-state index in [1.807, 2.05) is 30.3 Å². The monoisotopic (exact) mass is 408 g/mol. The SMILES string of the molecule is COC(=O)c1cc(Nc2ncnc(NNc3ccccc3)c2N)cc(C(=O)OC)c1. The van der Waals surface area contributed by atoms with Crippen LogP contribution in [0, 0.1) is 0 Å². The number of para-hydroxylation sites is 1.